The zero-order valence-electron chi connectivity index (χ0n) is 18.4. The summed E-state index contributed by atoms with van der Waals surface area (Å²) in [5.74, 6) is -0.143. The topological polar surface area (TPSA) is 77.1 Å². The Morgan fingerprint density at radius 2 is 1.81 bits per heavy atom. The third-order valence-corrected chi connectivity index (χ3v) is 7.64. The Balaban J connectivity index is 1.46. The normalized spacial score (nSPS) is 11.1. The highest BCUT2D eigenvalue weighted by atomic mass is 127. The highest BCUT2D eigenvalue weighted by Crippen LogP contribution is 2.29. The van der Waals surface area contributed by atoms with E-state index < -0.39 is 5.63 Å². The summed E-state index contributed by atoms with van der Waals surface area (Å²) in [7, 11) is 0. The molecule has 0 aliphatic carbocycles. The van der Waals surface area contributed by atoms with Gasteiger partial charge < -0.3 is 9.73 Å². The van der Waals surface area contributed by atoms with Crippen LogP contribution in [0, 0.1) is 3.57 Å². The molecule has 0 radical (unpaired) electrons. The lowest BCUT2D eigenvalue weighted by Crippen LogP contribution is -2.14. The van der Waals surface area contributed by atoms with E-state index in [2.05, 4.69) is 27.9 Å². The van der Waals surface area contributed by atoms with Crippen molar-refractivity contribution in [1.82, 2.24) is 9.55 Å². The van der Waals surface area contributed by atoms with Crippen molar-refractivity contribution in [1.29, 1.82) is 0 Å². The predicted octanol–water partition coefficient (Wildman–Crippen LogP) is 7.29. The van der Waals surface area contributed by atoms with Gasteiger partial charge in [-0.3, -0.25) is 9.36 Å². The largest absolute Gasteiger partial charge is 0.422 e. The summed E-state index contributed by atoms with van der Waals surface area (Å²) in [6.07, 6.45) is 1.78. The van der Waals surface area contributed by atoms with Crippen LogP contribution in [-0.4, -0.2) is 21.2 Å². The molecule has 0 saturated heterocycles. The van der Waals surface area contributed by atoms with Crippen LogP contribution in [0.5, 0.6) is 0 Å². The van der Waals surface area contributed by atoms with E-state index in [-0.39, 0.29) is 11.7 Å². The summed E-state index contributed by atoms with van der Waals surface area (Å²) in [6.45, 7) is 0. The minimum absolute atomic E-state index is 0.0907. The van der Waals surface area contributed by atoms with Gasteiger partial charge in [0.1, 0.15) is 5.58 Å². The lowest BCUT2D eigenvalue weighted by atomic mass is 10.1. The van der Waals surface area contributed by atoms with E-state index >= 15 is 0 Å². The molecule has 0 fully saturated rings. The van der Waals surface area contributed by atoms with Gasteiger partial charge in [-0.1, -0.05) is 53.2 Å². The Bertz CT molecular complexity index is 1650. The molecule has 180 valence electrons. The molecule has 0 spiro atoms. The van der Waals surface area contributed by atoms with Crippen LogP contribution in [0.15, 0.2) is 93.4 Å². The summed E-state index contributed by atoms with van der Waals surface area (Å²) < 4.78 is 8.45. The molecule has 0 atom stereocenters. The highest BCUT2D eigenvalue weighted by Gasteiger charge is 2.17. The summed E-state index contributed by atoms with van der Waals surface area (Å²) >= 11 is 15.5. The first-order chi connectivity index (χ1) is 17.4. The first-order valence-corrected chi connectivity index (χ1v) is 13.5. The Hall–Kier alpha value is -2.79. The zero-order valence-corrected chi connectivity index (χ0v) is 22.9. The number of thioether (sulfide) groups is 1. The van der Waals surface area contributed by atoms with Crippen molar-refractivity contribution < 1.29 is 9.21 Å². The Morgan fingerprint density at radius 3 is 2.58 bits per heavy atom. The number of nitrogens with zero attached hydrogens (tertiary/aromatic N) is 2. The molecular weight excluding hydrogens is 632 g/mol. The summed E-state index contributed by atoms with van der Waals surface area (Å²) in [6, 6.07) is 21.8. The molecule has 6 nitrogen and oxygen atoms in total. The lowest BCUT2D eigenvalue weighted by Gasteiger charge is -2.08. The number of halogens is 3. The van der Waals surface area contributed by atoms with Gasteiger partial charge in [0.25, 0.3) is 0 Å². The quantitative estimate of drug-likeness (QED) is 0.119. The number of para-hydroxylation sites is 1. The van der Waals surface area contributed by atoms with E-state index in [0.717, 1.165) is 14.6 Å². The number of amides is 1. The van der Waals surface area contributed by atoms with Crippen molar-refractivity contribution in [2.45, 2.75) is 5.16 Å². The number of nitrogens with one attached hydrogen (secondary N) is 1. The summed E-state index contributed by atoms with van der Waals surface area (Å²) in [5.41, 5.74) is 2.24. The number of fused-ring (bicyclic) bond motifs is 1. The molecule has 1 N–H and O–H groups in total. The van der Waals surface area contributed by atoms with Crippen LogP contribution < -0.4 is 10.9 Å². The molecule has 2 heterocycles. The molecule has 1 amide bonds. The molecule has 3 aromatic carbocycles. The van der Waals surface area contributed by atoms with E-state index in [1.807, 2.05) is 47.0 Å². The number of carbonyl (C=O) groups excluding carboxylic acids is 1. The van der Waals surface area contributed by atoms with Crippen LogP contribution in [0.25, 0.3) is 27.9 Å². The third kappa shape index (κ3) is 5.46. The molecule has 0 bridgehead atoms. The fourth-order valence-corrected chi connectivity index (χ4v) is 4.97. The second-order valence-corrected chi connectivity index (χ2v) is 10.7. The minimum atomic E-state index is -0.477. The number of hydrogen-bond acceptors (Lipinski definition) is 5. The molecular formula is C26H16Cl2IN3O3S. The van der Waals surface area contributed by atoms with Crippen LogP contribution in [0.2, 0.25) is 10.0 Å². The second-order valence-electron chi connectivity index (χ2n) is 7.71. The van der Waals surface area contributed by atoms with Crippen LogP contribution in [0.3, 0.4) is 0 Å². The smallest absolute Gasteiger partial charge is 0.345 e. The molecule has 36 heavy (non-hydrogen) atoms. The SMILES string of the molecule is O=C(CSc1nc(-c2cc3ccccc3oc2=O)cn1-c1ccc(I)cc1)Nc1ccc(Cl)c(Cl)c1. The minimum Gasteiger partial charge on any atom is -0.422 e. The van der Waals surface area contributed by atoms with Gasteiger partial charge in [0.15, 0.2) is 5.16 Å². The van der Waals surface area contributed by atoms with Crippen molar-refractivity contribution in [3.8, 4) is 16.9 Å². The Morgan fingerprint density at radius 1 is 1.03 bits per heavy atom. The van der Waals surface area contributed by atoms with E-state index in [9.17, 15) is 9.59 Å². The zero-order chi connectivity index (χ0) is 25.2. The van der Waals surface area contributed by atoms with Crippen molar-refractivity contribution in [3.05, 3.63) is 103 Å². The van der Waals surface area contributed by atoms with Gasteiger partial charge in [0, 0.05) is 26.5 Å². The Kier molecular flexibility index (Phi) is 7.38. The van der Waals surface area contributed by atoms with Gasteiger partial charge in [-0.25, -0.2) is 9.78 Å². The van der Waals surface area contributed by atoms with Gasteiger partial charge in [-0.2, -0.15) is 0 Å². The number of anilines is 1. The molecule has 2 aromatic heterocycles. The van der Waals surface area contributed by atoms with Crippen LogP contribution in [0.1, 0.15) is 0 Å². The standard InChI is InChI=1S/C26H16Cl2IN3O3S/c27-20-10-7-17(12-21(20)28)30-24(33)14-36-26-31-22(13-32(26)18-8-5-16(29)6-9-18)19-11-15-3-1-2-4-23(15)35-25(19)34/h1-13H,14H2,(H,30,33). The monoisotopic (exact) mass is 647 g/mol. The van der Waals surface area contributed by atoms with Gasteiger partial charge >= 0.3 is 5.63 Å². The van der Waals surface area contributed by atoms with Gasteiger partial charge in [0.2, 0.25) is 5.91 Å². The first-order valence-electron chi connectivity index (χ1n) is 10.6. The van der Waals surface area contributed by atoms with Crippen LogP contribution >= 0.6 is 57.6 Å². The lowest BCUT2D eigenvalue weighted by molar-refractivity contribution is -0.113. The van der Waals surface area contributed by atoms with Crippen LogP contribution in [-0.2, 0) is 4.79 Å². The average molecular weight is 648 g/mol. The fourth-order valence-electron chi connectivity index (χ4n) is 3.52. The molecule has 5 aromatic rings. The molecule has 5 rings (SSSR count). The highest BCUT2D eigenvalue weighted by molar-refractivity contribution is 14.1. The number of benzene rings is 3. The number of hydrogen-bond donors (Lipinski definition) is 1. The maximum Gasteiger partial charge on any atom is 0.345 e. The maximum atomic E-state index is 12.7. The van der Waals surface area contributed by atoms with E-state index in [1.54, 1.807) is 36.5 Å². The average Bonchev–Trinajstić information content (AvgIpc) is 3.29. The first kappa shape index (κ1) is 24.9. The number of carbonyl (C=O) groups is 1. The van der Waals surface area contributed by atoms with E-state index in [4.69, 9.17) is 32.6 Å². The summed E-state index contributed by atoms with van der Waals surface area (Å²) in [4.78, 5) is 30.1. The van der Waals surface area contributed by atoms with Gasteiger partial charge in [-0.15, -0.1) is 0 Å². The number of aromatic nitrogens is 2. The van der Waals surface area contributed by atoms with E-state index in [1.165, 1.54) is 11.8 Å². The van der Waals surface area contributed by atoms with Crippen molar-refractivity contribution in [3.63, 3.8) is 0 Å². The van der Waals surface area contributed by atoms with Crippen molar-refractivity contribution >= 4 is 80.1 Å². The number of imidazole rings is 1. The fraction of sp³-hybridized carbons (Fsp3) is 0.0385. The van der Waals surface area contributed by atoms with Gasteiger partial charge in [-0.05, 0) is 77.2 Å². The third-order valence-electron chi connectivity index (χ3n) is 5.23. The predicted molar refractivity (Wildman–Crippen MR) is 154 cm³/mol. The number of rotatable bonds is 6. The molecule has 0 unspecified atom stereocenters. The second kappa shape index (κ2) is 10.7. The van der Waals surface area contributed by atoms with E-state index in [0.29, 0.717) is 37.7 Å². The van der Waals surface area contributed by atoms with Crippen molar-refractivity contribution in [2.75, 3.05) is 11.1 Å². The molecule has 0 aliphatic heterocycles. The summed E-state index contributed by atoms with van der Waals surface area (Å²) in [5, 5.41) is 4.93. The molecule has 10 heteroatoms. The molecule has 0 saturated carbocycles. The van der Waals surface area contributed by atoms with Gasteiger partial charge in [0.05, 0.1) is 27.1 Å². The molecule has 0 aliphatic rings. The van der Waals surface area contributed by atoms with Crippen LogP contribution in [0.4, 0.5) is 5.69 Å². The Labute approximate surface area is 233 Å². The maximum absolute atomic E-state index is 12.7. The van der Waals surface area contributed by atoms with Crippen molar-refractivity contribution in [2.24, 2.45) is 0 Å².